The maximum Gasteiger partial charge on any atom is 0.283 e. The molecule has 1 aliphatic rings. The predicted octanol–water partition coefficient (Wildman–Crippen LogP) is 3.12. The van der Waals surface area contributed by atoms with Gasteiger partial charge in [0.1, 0.15) is 5.82 Å². The van der Waals surface area contributed by atoms with Crippen LogP contribution in [0.15, 0.2) is 33.1 Å². The molecule has 0 atom stereocenters. The second-order valence-corrected chi connectivity index (χ2v) is 10.4. The van der Waals surface area contributed by atoms with Crippen LogP contribution in [0.1, 0.15) is 37.5 Å². The quantitative estimate of drug-likeness (QED) is 0.661. The molecule has 8 nitrogen and oxygen atoms in total. The molecular weight excluding hydrogens is 422 g/mol. The Bertz CT molecular complexity index is 1410. The Kier molecular flexibility index (Phi) is 4.86. The molecule has 2 aromatic heterocycles. The lowest BCUT2D eigenvalue weighted by atomic mass is 9.99. The predicted molar refractivity (Wildman–Crippen MR) is 120 cm³/mol. The molecule has 0 aliphatic carbocycles. The number of hydrogen-bond acceptors (Lipinski definition) is 8. The summed E-state index contributed by atoms with van der Waals surface area (Å²) in [5.74, 6) is -0.159. The average molecular weight is 444 g/mol. The van der Waals surface area contributed by atoms with Crippen LogP contribution in [0.5, 0.6) is 0 Å². The number of nitrogens with zero attached hydrogens (tertiary/aromatic N) is 4. The summed E-state index contributed by atoms with van der Waals surface area (Å²) < 4.78 is 30.9. The van der Waals surface area contributed by atoms with Crippen molar-refractivity contribution in [3.8, 4) is 0 Å². The van der Waals surface area contributed by atoms with Crippen LogP contribution >= 0.6 is 11.5 Å². The number of sulfone groups is 1. The molecule has 1 aromatic carbocycles. The summed E-state index contributed by atoms with van der Waals surface area (Å²) in [5.41, 5.74) is 10.2. The Hall–Kier alpha value is -2.85. The van der Waals surface area contributed by atoms with E-state index in [9.17, 15) is 13.2 Å². The minimum Gasteiger partial charge on any atom is -0.384 e. The van der Waals surface area contributed by atoms with Gasteiger partial charge < -0.3 is 5.73 Å². The first-order valence-electron chi connectivity index (χ1n) is 9.37. The molecule has 10 heteroatoms. The van der Waals surface area contributed by atoms with Crippen molar-refractivity contribution in [1.82, 2.24) is 13.8 Å². The molecule has 0 bridgehead atoms. The summed E-state index contributed by atoms with van der Waals surface area (Å²) in [6.07, 6.45) is 1.64. The van der Waals surface area contributed by atoms with E-state index in [0.29, 0.717) is 0 Å². The van der Waals surface area contributed by atoms with Gasteiger partial charge in [0.25, 0.3) is 5.56 Å². The molecule has 0 saturated carbocycles. The van der Waals surface area contributed by atoms with Crippen molar-refractivity contribution in [3.05, 3.63) is 45.2 Å². The van der Waals surface area contributed by atoms with E-state index in [1.54, 1.807) is 6.08 Å². The van der Waals surface area contributed by atoms with Gasteiger partial charge in [-0.05, 0) is 38.0 Å². The highest BCUT2D eigenvalue weighted by Crippen LogP contribution is 2.36. The fourth-order valence-electron chi connectivity index (χ4n) is 3.47. The van der Waals surface area contributed by atoms with Crippen molar-refractivity contribution < 1.29 is 8.42 Å². The number of fused-ring (bicyclic) bond motifs is 2. The van der Waals surface area contributed by atoms with Gasteiger partial charge in [0.15, 0.2) is 0 Å². The minimum atomic E-state index is -3.69. The number of nitrogens with two attached hydrogens (primary N) is 1. The largest absolute Gasteiger partial charge is 0.384 e. The first-order chi connectivity index (χ1) is 14.1. The van der Waals surface area contributed by atoms with Crippen molar-refractivity contribution in [2.45, 2.75) is 32.9 Å². The van der Waals surface area contributed by atoms with E-state index in [4.69, 9.17) is 5.73 Å². The van der Waals surface area contributed by atoms with Crippen molar-refractivity contribution in [2.75, 3.05) is 11.5 Å². The molecule has 0 unspecified atom stereocenters. The highest BCUT2D eigenvalue weighted by Gasteiger charge is 2.26. The lowest BCUT2D eigenvalue weighted by Crippen LogP contribution is -2.20. The highest BCUT2D eigenvalue weighted by atomic mass is 32.2. The monoisotopic (exact) mass is 443 g/mol. The third-order valence-electron chi connectivity index (χ3n) is 4.77. The van der Waals surface area contributed by atoms with Crippen molar-refractivity contribution in [3.63, 3.8) is 0 Å². The molecule has 4 rings (SSSR count). The van der Waals surface area contributed by atoms with Gasteiger partial charge in [-0.2, -0.15) is 9.36 Å². The van der Waals surface area contributed by atoms with Gasteiger partial charge in [-0.3, -0.25) is 9.79 Å². The smallest absolute Gasteiger partial charge is 0.283 e. The molecule has 2 N–H and O–H groups in total. The Labute approximate surface area is 177 Å². The number of aryl methyl sites for hydroxylation is 1. The minimum absolute atomic E-state index is 0.00230. The lowest BCUT2D eigenvalue weighted by Gasteiger charge is -2.09. The maximum atomic E-state index is 12.8. The molecule has 0 amide bonds. The van der Waals surface area contributed by atoms with Crippen LogP contribution < -0.4 is 11.3 Å². The van der Waals surface area contributed by atoms with Crippen LogP contribution in [-0.4, -0.2) is 33.6 Å². The summed E-state index contributed by atoms with van der Waals surface area (Å²) in [6.45, 7) is 7.45. The molecule has 30 heavy (non-hydrogen) atoms. The summed E-state index contributed by atoms with van der Waals surface area (Å²) in [4.78, 5) is 21.4. The van der Waals surface area contributed by atoms with Gasteiger partial charge in [-0.25, -0.2) is 12.8 Å². The molecule has 0 radical (unpaired) electrons. The number of benzene rings is 1. The molecule has 0 spiro atoms. The third-order valence-corrected chi connectivity index (χ3v) is 7.52. The summed E-state index contributed by atoms with van der Waals surface area (Å²) >= 11 is 0.837. The van der Waals surface area contributed by atoms with Crippen LogP contribution in [0.2, 0.25) is 0 Å². The van der Waals surface area contributed by atoms with Crippen molar-refractivity contribution in [1.29, 1.82) is 0 Å². The van der Waals surface area contributed by atoms with Crippen LogP contribution in [0.25, 0.3) is 16.6 Å². The topological polar surface area (TPSA) is 120 Å². The van der Waals surface area contributed by atoms with Gasteiger partial charge in [0, 0.05) is 28.4 Å². The summed E-state index contributed by atoms with van der Waals surface area (Å²) in [7, 11) is -3.69. The summed E-state index contributed by atoms with van der Waals surface area (Å²) in [6, 6.07) is 5.88. The number of anilines is 1. The van der Waals surface area contributed by atoms with E-state index in [0.717, 1.165) is 39.6 Å². The zero-order chi connectivity index (χ0) is 21.8. The third kappa shape index (κ3) is 3.35. The van der Waals surface area contributed by atoms with Gasteiger partial charge in [0.05, 0.1) is 17.0 Å². The van der Waals surface area contributed by atoms with Crippen molar-refractivity contribution in [2.24, 2.45) is 10.9 Å². The summed E-state index contributed by atoms with van der Waals surface area (Å²) in [5, 5.41) is -0.186. The van der Waals surface area contributed by atoms with Crippen molar-refractivity contribution >= 4 is 55.2 Å². The second-order valence-electron chi connectivity index (χ2n) is 7.75. The number of aromatic nitrogens is 3. The van der Waals surface area contributed by atoms with E-state index in [-0.39, 0.29) is 33.2 Å². The molecule has 156 valence electrons. The molecule has 0 saturated heterocycles. The zero-order valence-corrected chi connectivity index (χ0v) is 18.6. The van der Waals surface area contributed by atoms with Crippen LogP contribution in [0.4, 0.5) is 11.5 Å². The normalized spacial score (nSPS) is 15.2. The fourth-order valence-corrected chi connectivity index (χ4v) is 6.21. The number of hydrogen-bond donors (Lipinski definition) is 1. The van der Waals surface area contributed by atoms with E-state index >= 15 is 0 Å². The number of allylic oxidation sites excluding steroid dienone is 1. The van der Waals surface area contributed by atoms with Gasteiger partial charge in [-0.15, -0.1) is 0 Å². The van der Waals surface area contributed by atoms with E-state index in [2.05, 4.69) is 14.3 Å². The number of rotatable bonds is 4. The van der Waals surface area contributed by atoms with E-state index in [1.807, 2.05) is 45.9 Å². The second kappa shape index (κ2) is 7.13. The average Bonchev–Trinajstić information content (AvgIpc) is 3.19. The van der Waals surface area contributed by atoms with E-state index < -0.39 is 15.4 Å². The SMILES string of the molecule is CC1=Nc2ccc(C)cc2/C1=C\c1c(N)n2c(S(=O)(=O)CC(C)C)nsc2nc1=O. The lowest BCUT2D eigenvalue weighted by molar-refractivity contribution is 0.573. The molecule has 3 aromatic rings. The zero-order valence-electron chi connectivity index (χ0n) is 17.0. The number of aliphatic imine (C=N–C) groups is 1. The maximum absolute atomic E-state index is 12.8. The highest BCUT2D eigenvalue weighted by molar-refractivity contribution is 7.91. The first kappa shape index (κ1) is 20.4. The first-order valence-corrected chi connectivity index (χ1v) is 11.8. The Morgan fingerprint density at radius 3 is 2.70 bits per heavy atom. The van der Waals surface area contributed by atoms with E-state index in [1.165, 1.54) is 4.40 Å². The van der Waals surface area contributed by atoms with Gasteiger partial charge in [-0.1, -0.05) is 25.5 Å². The molecular formula is C20H21N5O3S2. The van der Waals surface area contributed by atoms with Crippen LogP contribution in [0, 0.1) is 12.8 Å². The molecule has 3 heterocycles. The number of nitrogen functional groups attached to an aromatic ring is 1. The Morgan fingerprint density at radius 2 is 2.00 bits per heavy atom. The van der Waals surface area contributed by atoms with Crippen LogP contribution in [0.3, 0.4) is 0 Å². The van der Waals surface area contributed by atoms with Crippen LogP contribution in [-0.2, 0) is 9.84 Å². The van der Waals surface area contributed by atoms with Gasteiger partial charge >= 0.3 is 0 Å². The molecule has 1 aliphatic heterocycles. The molecule has 0 fully saturated rings. The van der Waals surface area contributed by atoms with Gasteiger partial charge in [0.2, 0.25) is 20.0 Å². The standard InChI is InChI=1S/C20H21N5O3S2/c1-10(2)9-30(27,28)20-24-29-19-23-18(26)15(17(21)25(19)20)8-13-12(4)22-16-6-5-11(3)7-14(13)16/h5-8,10H,9,21H2,1-4H3/b13-8-. The fraction of sp³-hybridized carbons (Fsp3) is 0.300. The Morgan fingerprint density at radius 1 is 1.27 bits per heavy atom. The Balaban J connectivity index is 1.95.